The lowest BCUT2D eigenvalue weighted by Crippen LogP contribution is -2.27. The Hall–Kier alpha value is -3.63. The summed E-state index contributed by atoms with van der Waals surface area (Å²) in [4.78, 5) is 21.8. The molecule has 3 aromatic rings. The second-order valence-electron chi connectivity index (χ2n) is 7.72. The van der Waals surface area contributed by atoms with E-state index in [2.05, 4.69) is 9.98 Å². The Kier molecular flexibility index (Phi) is 5.73. The van der Waals surface area contributed by atoms with Crippen LogP contribution < -0.4 is 5.73 Å². The van der Waals surface area contributed by atoms with E-state index in [4.69, 9.17) is 13.6 Å². The van der Waals surface area contributed by atoms with E-state index >= 15 is 8.78 Å². The van der Waals surface area contributed by atoms with E-state index in [0.29, 0.717) is 16.8 Å². The molecule has 7 nitrogen and oxygen atoms in total. The van der Waals surface area contributed by atoms with Gasteiger partial charge in [0, 0.05) is 41.8 Å². The minimum Gasteiger partial charge on any atom is -0.398 e. The van der Waals surface area contributed by atoms with Gasteiger partial charge in [-0.3, -0.25) is 14.8 Å². The molecular formula is C23H19BF2N4O3. The summed E-state index contributed by atoms with van der Waals surface area (Å²) in [5.41, 5.74) is 4.23. The number of amides is 1. The Morgan fingerprint density at radius 1 is 1.24 bits per heavy atom. The molecule has 4 rings (SSSR count). The fourth-order valence-corrected chi connectivity index (χ4v) is 3.81. The van der Waals surface area contributed by atoms with Crippen LogP contribution in [0.4, 0.5) is 14.5 Å². The van der Waals surface area contributed by atoms with Crippen LogP contribution in [-0.2, 0) is 18.8 Å². The average Bonchev–Trinajstić information content (AvgIpc) is 3.07. The van der Waals surface area contributed by atoms with Crippen molar-refractivity contribution in [2.45, 2.75) is 18.8 Å². The number of hydrogen-bond acceptors (Lipinski definition) is 6. The number of fused-ring (bicyclic) bond motifs is 1. The first kappa shape index (κ1) is 22.6. The molecule has 0 saturated carbocycles. The maximum absolute atomic E-state index is 15.0. The van der Waals surface area contributed by atoms with Gasteiger partial charge in [-0.2, -0.15) is 0 Å². The molecule has 1 aliphatic rings. The number of benzene rings is 2. The smallest absolute Gasteiger partial charge is 0.256 e. The molecule has 0 atom stereocenters. The highest BCUT2D eigenvalue weighted by Crippen LogP contribution is 2.33. The number of hydrogen-bond donors (Lipinski definition) is 3. The van der Waals surface area contributed by atoms with Crippen molar-refractivity contribution in [3.63, 3.8) is 0 Å². The summed E-state index contributed by atoms with van der Waals surface area (Å²) in [6.07, 6.45) is 2.92. The highest BCUT2D eigenvalue weighted by atomic mass is 19.1. The number of aliphatic hydroxyl groups is 2. The summed E-state index contributed by atoms with van der Waals surface area (Å²) in [6.45, 7) is -0.116. The van der Waals surface area contributed by atoms with Gasteiger partial charge >= 0.3 is 0 Å². The first-order chi connectivity index (χ1) is 15.6. The van der Waals surface area contributed by atoms with Crippen LogP contribution in [0.5, 0.6) is 0 Å². The fraction of sp³-hybridized carbons (Fsp3) is 0.174. The zero-order valence-electron chi connectivity index (χ0n) is 17.6. The van der Waals surface area contributed by atoms with Gasteiger partial charge in [0.25, 0.3) is 5.91 Å². The SMILES string of the molecule is [B]C(O)(O)c1cc(-c2cc(F)c(CN3Cc4ncccc4C3=O)c(F)c2)cc(C=NC)c1N. The van der Waals surface area contributed by atoms with E-state index in [0.717, 1.165) is 12.1 Å². The number of nitrogens with zero attached hydrogens (tertiary/aromatic N) is 3. The molecule has 1 amide bonds. The van der Waals surface area contributed by atoms with Crippen molar-refractivity contribution in [1.29, 1.82) is 0 Å². The molecule has 1 aliphatic heterocycles. The number of nitrogens with two attached hydrogens (primary N) is 1. The molecule has 4 N–H and O–H groups in total. The summed E-state index contributed by atoms with van der Waals surface area (Å²) >= 11 is 0. The second kappa shape index (κ2) is 8.38. The van der Waals surface area contributed by atoms with Crippen molar-refractivity contribution in [3.8, 4) is 11.1 Å². The van der Waals surface area contributed by atoms with Crippen molar-refractivity contribution < 1.29 is 23.8 Å². The molecule has 33 heavy (non-hydrogen) atoms. The third-order valence-corrected chi connectivity index (χ3v) is 5.45. The van der Waals surface area contributed by atoms with E-state index in [-0.39, 0.29) is 46.9 Å². The molecule has 2 heterocycles. The van der Waals surface area contributed by atoms with Gasteiger partial charge in [0.05, 0.1) is 24.3 Å². The van der Waals surface area contributed by atoms with Crippen LogP contribution in [0, 0.1) is 11.6 Å². The summed E-state index contributed by atoms with van der Waals surface area (Å²) in [5.74, 6) is -2.08. The van der Waals surface area contributed by atoms with Gasteiger partial charge < -0.3 is 20.8 Å². The normalized spacial score (nSPS) is 13.7. The van der Waals surface area contributed by atoms with E-state index in [1.54, 1.807) is 18.3 Å². The van der Waals surface area contributed by atoms with Gasteiger partial charge in [-0.15, -0.1) is 0 Å². The predicted octanol–water partition coefficient (Wildman–Crippen LogP) is 2.08. The zero-order chi connectivity index (χ0) is 23.9. The van der Waals surface area contributed by atoms with Gasteiger partial charge in [0.2, 0.25) is 0 Å². The fourth-order valence-electron chi connectivity index (χ4n) is 3.81. The molecule has 1 aromatic heterocycles. The lowest BCUT2D eigenvalue weighted by Gasteiger charge is -2.22. The minimum absolute atomic E-state index is 0.0323. The van der Waals surface area contributed by atoms with Gasteiger partial charge in [0.15, 0.2) is 7.85 Å². The molecule has 2 aromatic carbocycles. The van der Waals surface area contributed by atoms with E-state index in [1.165, 1.54) is 30.3 Å². The number of pyridine rings is 1. The topological polar surface area (TPSA) is 112 Å². The molecule has 0 spiro atoms. The monoisotopic (exact) mass is 448 g/mol. The number of rotatable bonds is 5. The number of aromatic nitrogens is 1. The lowest BCUT2D eigenvalue weighted by atomic mass is 9.83. The first-order valence-corrected chi connectivity index (χ1v) is 9.91. The van der Waals surface area contributed by atoms with Crippen LogP contribution >= 0.6 is 0 Å². The standard InChI is InChI=1S/C23H19BF2N4O3/c1-28-9-14-5-12(6-17(21(14)27)23(24,32)33)13-7-18(25)16(19(26)8-13)10-30-11-20-15(22(30)31)3-2-4-29-20/h2-9,32-33H,10-11,27H2,1H3. The van der Waals surface area contributed by atoms with Crippen molar-refractivity contribution >= 4 is 25.7 Å². The molecule has 0 fully saturated rings. The molecular weight excluding hydrogens is 429 g/mol. The first-order valence-electron chi connectivity index (χ1n) is 9.91. The molecule has 166 valence electrons. The van der Waals surface area contributed by atoms with Gasteiger partial charge in [-0.05, 0) is 47.5 Å². The molecule has 0 saturated heterocycles. The zero-order valence-corrected chi connectivity index (χ0v) is 17.6. The van der Waals surface area contributed by atoms with Crippen molar-refractivity contribution in [2.75, 3.05) is 12.8 Å². The number of aliphatic imine (C=N–C) groups is 1. The molecule has 0 aliphatic carbocycles. The van der Waals surface area contributed by atoms with Crippen LogP contribution in [0.2, 0.25) is 0 Å². The molecule has 0 bridgehead atoms. The van der Waals surface area contributed by atoms with Crippen LogP contribution in [0.1, 0.15) is 32.7 Å². The van der Waals surface area contributed by atoms with Crippen molar-refractivity contribution in [3.05, 3.63) is 82.2 Å². The Labute approximate surface area is 189 Å². The number of nitrogen functional groups attached to an aromatic ring is 1. The maximum Gasteiger partial charge on any atom is 0.256 e. The third kappa shape index (κ3) is 4.22. The Morgan fingerprint density at radius 3 is 2.52 bits per heavy atom. The van der Waals surface area contributed by atoms with Crippen molar-refractivity contribution in [2.24, 2.45) is 4.99 Å². The van der Waals surface area contributed by atoms with E-state index in [9.17, 15) is 15.0 Å². The van der Waals surface area contributed by atoms with Crippen LogP contribution in [0.25, 0.3) is 11.1 Å². The molecule has 0 unspecified atom stereocenters. The average molecular weight is 448 g/mol. The Morgan fingerprint density at radius 2 is 1.91 bits per heavy atom. The van der Waals surface area contributed by atoms with Gasteiger partial charge in [-0.25, -0.2) is 8.78 Å². The maximum atomic E-state index is 15.0. The van der Waals surface area contributed by atoms with Crippen LogP contribution in [0.15, 0.2) is 47.6 Å². The quantitative estimate of drug-likeness (QED) is 0.240. The summed E-state index contributed by atoms with van der Waals surface area (Å²) in [5, 5.41) is 19.7. The minimum atomic E-state index is -2.77. The van der Waals surface area contributed by atoms with Gasteiger partial charge in [-0.1, -0.05) is 0 Å². The highest BCUT2D eigenvalue weighted by Gasteiger charge is 2.30. The van der Waals surface area contributed by atoms with E-state index < -0.39 is 17.3 Å². The Balaban J connectivity index is 1.71. The Bertz CT molecular complexity index is 1270. The third-order valence-electron chi connectivity index (χ3n) is 5.45. The second-order valence-corrected chi connectivity index (χ2v) is 7.72. The van der Waals surface area contributed by atoms with Crippen LogP contribution in [0.3, 0.4) is 0 Å². The summed E-state index contributed by atoms with van der Waals surface area (Å²) in [6, 6.07) is 8.18. The number of carbonyl (C=O) groups is 1. The highest BCUT2D eigenvalue weighted by molar-refractivity contribution is 6.14. The number of anilines is 1. The summed E-state index contributed by atoms with van der Waals surface area (Å²) < 4.78 is 30.0. The molecule has 10 heteroatoms. The molecule has 2 radical (unpaired) electrons. The van der Waals surface area contributed by atoms with Crippen LogP contribution in [-0.4, -0.2) is 47.1 Å². The van der Waals surface area contributed by atoms with Crippen molar-refractivity contribution in [1.82, 2.24) is 9.88 Å². The number of halogens is 2. The lowest BCUT2D eigenvalue weighted by molar-refractivity contribution is -0.0903. The van der Waals surface area contributed by atoms with E-state index in [1.807, 2.05) is 0 Å². The van der Waals surface area contributed by atoms with Gasteiger partial charge in [0.1, 0.15) is 17.3 Å². The largest absolute Gasteiger partial charge is 0.398 e. The summed E-state index contributed by atoms with van der Waals surface area (Å²) in [7, 11) is 6.88. The number of carbonyl (C=O) groups excluding carboxylic acids is 1. The predicted molar refractivity (Wildman–Crippen MR) is 119 cm³/mol.